The van der Waals surface area contributed by atoms with Crippen LogP contribution in [0.1, 0.15) is 0 Å². The van der Waals surface area contributed by atoms with Gasteiger partial charge in [-0.15, -0.1) is 0 Å². The molecule has 0 bridgehead atoms. The summed E-state index contributed by atoms with van der Waals surface area (Å²) in [6.45, 7) is 0. The molecule has 3 heteroatoms. The highest BCUT2D eigenvalue weighted by molar-refractivity contribution is 6.04. The summed E-state index contributed by atoms with van der Waals surface area (Å²) in [4.78, 5) is 7.23. The summed E-state index contributed by atoms with van der Waals surface area (Å²) in [6.07, 6.45) is 0. The first-order chi connectivity index (χ1) is 22.8. The molecule has 0 saturated carbocycles. The molecule has 0 N–H and O–H groups in total. The molecule has 216 valence electrons. The maximum atomic E-state index is 6.23. The topological polar surface area (TPSA) is 29.3 Å². The number of anilines is 3. The van der Waals surface area contributed by atoms with Crippen molar-refractivity contribution in [2.75, 3.05) is 4.90 Å². The molecule has 1 heterocycles. The quantitative estimate of drug-likeness (QED) is 0.200. The molecule has 0 spiro atoms. The van der Waals surface area contributed by atoms with Gasteiger partial charge >= 0.3 is 0 Å². The maximum Gasteiger partial charge on any atom is 0.227 e. The number of hydrogen-bond acceptors (Lipinski definition) is 3. The van der Waals surface area contributed by atoms with Crippen molar-refractivity contribution in [2.45, 2.75) is 0 Å². The number of rotatable bonds is 5. The fourth-order valence-corrected chi connectivity index (χ4v) is 6.58. The van der Waals surface area contributed by atoms with E-state index in [1.165, 1.54) is 21.9 Å². The van der Waals surface area contributed by atoms with Crippen LogP contribution >= 0.6 is 0 Å². The Labute approximate surface area is 266 Å². The van der Waals surface area contributed by atoms with Gasteiger partial charge in [-0.05, 0) is 92.7 Å². The van der Waals surface area contributed by atoms with Crippen molar-refractivity contribution >= 4 is 60.5 Å². The smallest absolute Gasteiger partial charge is 0.227 e. The Morgan fingerprint density at radius 2 is 1.02 bits per heavy atom. The first-order valence-electron chi connectivity index (χ1n) is 15.5. The lowest BCUT2D eigenvalue weighted by Crippen LogP contribution is -2.09. The van der Waals surface area contributed by atoms with E-state index in [4.69, 9.17) is 9.40 Å². The SMILES string of the molecule is c1ccc(N(c2ccc(-c3cccc4ccccc34)cc2)c2ccc3cc(-c4nc5c(ccc6ccccc65)o4)ccc3c2)cc1. The minimum atomic E-state index is 0.634. The van der Waals surface area contributed by atoms with Gasteiger partial charge in [-0.1, -0.05) is 115 Å². The van der Waals surface area contributed by atoms with Crippen LogP contribution in [0.3, 0.4) is 0 Å². The molecule has 0 saturated heterocycles. The minimum absolute atomic E-state index is 0.634. The van der Waals surface area contributed by atoms with Crippen LogP contribution in [0.25, 0.3) is 66.0 Å². The van der Waals surface area contributed by atoms with Crippen molar-refractivity contribution in [3.63, 3.8) is 0 Å². The molecule has 0 aliphatic carbocycles. The lowest BCUT2D eigenvalue weighted by Gasteiger charge is -2.26. The normalized spacial score (nSPS) is 11.5. The molecule has 0 aliphatic rings. The monoisotopic (exact) mass is 588 g/mol. The molecule has 9 rings (SSSR count). The molecular weight excluding hydrogens is 560 g/mol. The van der Waals surface area contributed by atoms with Gasteiger partial charge < -0.3 is 9.32 Å². The molecule has 0 aliphatic heterocycles. The second-order valence-corrected chi connectivity index (χ2v) is 11.6. The van der Waals surface area contributed by atoms with E-state index < -0.39 is 0 Å². The van der Waals surface area contributed by atoms with Crippen LogP contribution in [0, 0.1) is 0 Å². The average Bonchev–Trinajstić information content (AvgIpc) is 3.57. The lowest BCUT2D eigenvalue weighted by molar-refractivity contribution is 0.620. The van der Waals surface area contributed by atoms with Crippen LogP contribution in [-0.2, 0) is 0 Å². The van der Waals surface area contributed by atoms with E-state index in [-0.39, 0.29) is 0 Å². The van der Waals surface area contributed by atoms with E-state index >= 15 is 0 Å². The van der Waals surface area contributed by atoms with Crippen LogP contribution in [0.5, 0.6) is 0 Å². The van der Waals surface area contributed by atoms with Gasteiger partial charge in [0.05, 0.1) is 0 Å². The highest BCUT2D eigenvalue weighted by Crippen LogP contribution is 2.39. The lowest BCUT2D eigenvalue weighted by atomic mass is 9.98. The number of benzene rings is 8. The fourth-order valence-electron chi connectivity index (χ4n) is 6.58. The summed E-state index contributed by atoms with van der Waals surface area (Å²) >= 11 is 0. The van der Waals surface area contributed by atoms with E-state index in [0.29, 0.717) is 5.89 Å². The maximum absolute atomic E-state index is 6.23. The van der Waals surface area contributed by atoms with Crippen LogP contribution in [0.2, 0.25) is 0 Å². The molecule has 3 nitrogen and oxygen atoms in total. The highest BCUT2D eigenvalue weighted by Gasteiger charge is 2.15. The summed E-state index contributed by atoms with van der Waals surface area (Å²) in [7, 11) is 0. The molecule has 0 amide bonds. The molecule has 0 radical (unpaired) electrons. The summed E-state index contributed by atoms with van der Waals surface area (Å²) < 4.78 is 6.23. The molecule has 46 heavy (non-hydrogen) atoms. The predicted molar refractivity (Wildman–Crippen MR) is 192 cm³/mol. The fraction of sp³-hybridized carbons (Fsp3) is 0. The number of oxazole rings is 1. The average molecular weight is 589 g/mol. The van der Waals surface area contributed by atoms with E-state index in [2.05, 4.69) is 157 Å². The molecular formula is C43H28N2O. The summed E-state index contributed by atoms with van der Waals surface area (Å²) in [5.41, 5.74) is 8.40. The van der Waals surface area contributed by atoms with Gasteiger partial charge in [0.1, 0.15) is 5.52 Å². The van der Waals surface area contributed by atoms with Crippen LogP contribution in [0.15, 0.2) is 174 Å². The predicted octanol–water partition coefficient (Wildman–Crippen LogP) is 12.1. The third-order valence-corrected chi connectivity index (χ3v) is 8.85. The largest absolute Gasteiger partial charge is 0.436 e. The number of para-hydroxylation sites is 1. The zero-order valence-corrected chi connectivity index (χ0v) is 25.0. The van der Waals surface area contributed by atoms with Crippen LogP contribution < -0.4 is 4.90 Å². The van der Waals surface area contributed by atoms with Gasteiger partial charge in [0, 0.05) is 28.0 Å². The molecule has 8 aromatic carbocycles. The van der Waals surface area contributed by atoms with Crippen LogP contribution in [0.4, 0.5) is 17.1 Å². The molecule has 9 aromatic rings. The van der Waals surface area contributed by atoms with Gasteiger partial charge in [-0.2, -0.15) is 0 Å². The summed E-state index contributed by atoms with van der Waals surface area (Å²) in [5, 5.41) is 7.05. The minimum Gasteiger partial charge on any atom is -0.436 e. The van der Waals surface area contributed by atoms with Crippen LogP contribution in [-0.4, -0.2) is 4.98 Å². The van der Waals surface area contributed by atoms with E-state index in [9.17, 15) is 0 Å². The van der Waals surface area contributed by atoms with Gasteiger partial charge in [0.2, 0.25) is 5.89 Å². The Bertz CT molecular complexity index is 2530. The van der Waals surface area contributed by atoms with Crippen molar-refractivity contribution < 1.29 is 4.42 Å². The molecule has 0 fully saturated rings. The number of aromatic nitrogens is 1. The van der Waals surface area contributed by atoms with Crippen molar-refractivity contribution in [1.29, 1.82) is 0 Å². The van der Waals surface area contributed by atoms with Crippen molar-refractivity contribution in [2.24, 2.45) is 0 Å². The zero-order chi connectivity index (χ0) is 30.5. The zero-order valence-electron chi connectivity index (χ0n) is 25.0. The van der Waals surface area contributed by atoms with E-state index in [1.807, 2.05) is 18.2 Å². The number of nitrogens with zero attached hydrogens (tertiary/aromatic N) is 2. The Morgan fingerprint density at radius 1 is 0.413 bits per heavy atom. The Hall–Kier alpha value is -6.19. The second kappa shape index (κ2) is 10.8. The van der Waals surface area contributed by atoms with Gasteiger partial charge in [0.15, 0.2) is 5.58 Å². The Kier molecular flexibility index (Phi) is 6.14. The highest BCUT2D eigenvalue weighted by atomic mass is 16.3. The van der Waals surface area contributed by atoms with E-state index in [1.54, 1.807) is 0 Å². The van der Waals surface area contributed by atoms with E-state index in [0.717, 1.165) is 55.3 Å². The molecule has 0 atom stereocenters. The number of hydrogen-bond donors (Lipinski definition) is 0. The first kappa shape index (κ1) is 26.2. The standard InChI is InChI=1S/C43H28N2O/c1-2-12-35(13-3-1)45(36-23-19-31(20-24-36)39-16-8-11-29-9-4-6-14-38(29)39)37-25-21-32-27-34(18-17-33(32)28-37)43-44-42-40-15-7-5-10-30(40)22-26-41(42)46-43/h1-28H. The number of fused-ring (bicyclic) bond motifs is 5. The van der Waals surface area contributed by atoms with Crippen molar-refractivity contribution in [3.05, 3.63) is 170 Å². The third kappa shape index (κ3) is 4.49. The molecule has 0 unspecified atom stereocenters. The first-order valence-corrected chi connectivity index (χ1v) is 15.5. The van der Waals surface area contributed by atoms with Gasteiger partial charge in [0.25, 0.3) is 0 Å². The van der Waals surface area contributed by atoms with Crippen molar-refractivity contribution in [1.82, 2.24) is 4.98 Å². The van der Waals surface area contributed by atoms with Crippen molar-refractivity contribution in [3.8, 4) is 22.6 Å². The van der Waals surface area contributed by atoms with Gasteiger partial charge in [-0.3, -0.25) is 0 Å². The second-order valence-electron chi connectivity index (χ2n) is 11.6. The Balaban J connectivity index is 1.10. The molecule has 1 aromatic heterocycles. The Morgan fingerprint density at radius 3 is 1.87 bits per heavy atom. The van der Waals surface area contributed by atoms with Gasteiger partial charge in [-0.25, -0.2) is 4.98 Å². The third-order valence-electron chi connectivity index (χ3n) is 8.85. The summed E-state index contributed by atoms with van der Waals surface area (Å²) in [5.74, 6) is 0.634. The summed E-state index contributed by atoms with van der Waals surface area (Å²) in [6, 6.07) is 59.9.